The van der Waals surface area contributed by atoms with Gasteiger partial charge in [-0.05, 0) is 60.4 Å². The number of hydrogen-bond donors (Lipinski definition) is 2. The molecule has 7 nitrogen and oxygen atoms in total. The van der Waals surface area contributed by atoms with Crippen molar-refractivity contribution in [3.63, 3.8) is 0 Å². The Labute approximate surface area is 194 Å². The molecule has 3 aromatic carbocycles. The Morgan fingerprint density at radius 3 is 2.21 bits per heavy atom. The van der Waals surface area contributed by atoms with Gasteiger partial charge in [0.05, 0.1) is 19.1 Å². The minimum atomic E-state index is -3.95. The number of amides is 1. The van der Waals surface area contributed by atoms with Crippen molar-refractivity contribution in [1.82, 2.24) is 10.0 Å². The van der Waals surface area contributed by atoms with Crippen molar-refractivity contribution in [2.75, 3.05) is 14.2 Å². The van der Waals surface area contributed by atoms with E-state index in [4.69, 9.17) is 9.47 Å². The van der Waals surface area contributed by atoms with Crippen LogP contribution >= 0.6 is 0 Å². The maximum atomic E-state index is 13.1. The van der Waals surface area contributed by atoms with Crippen LogP contribution in [-0.4, -0.2) is 34.6 Å². The first kappa shape index (κ1) is 24.3. The number of sulfonamides is 1. The van der Waals surface area contributed by atoms with Crippen LogP contribution in [0.3, 0.4) is 0 Å². The van der Waals surface area contributed by atoms with Gasteiger partial charge < -0.3 is 14.8 Å². The molecule has 174 valence electrons. The zero-order valence-electron chi connectivity index (χ0n) is 18.9. The summed E-state index contributed by atoms with van der Waals surface area (Å²) in [5, 5.41) is 2.83. The van der Waals surface area contributed by atoms with Gasteiger partial charge in [0, 0.05) is 6.54 Å². The Bertz CT molecular complexity index is 1180. The average molecular weight is 469 g/mol. The highest BCUT2D eigenvalue weighted by molar-refractivity contribution is 7.89. The summed E-state index contributed by atoms with van der Waals surface area (Å²) in [5.41, 5.74) is 2.40. The molecule has 0 bridgehead atoms. The summed E-state index contributed by atoms with van der Waals surface area (Å²) < 4.78 is 39.1. The topological polar surface area (TPSA) is 93.7 Å². The lowest BCUT2D eigenvalue weighted by Gasteiger charge is -2.19. The average Bonchev–Trinajstić information content (AvgIpc) is 2.83. The SMILES string of the molecule is COc1ccc(CNC(=O)[C@@H](Cc2ccccc2)NS(=O)(=O)c2ccc(OC)c(C)c2)cc1. The Balaban J connectivity index is 1.79. The minimum Gasteiger partial charge on any atom is -0.497 e. The van der Waals surface area contributed by atoms with E-state index in [0.29, 0.717) is 11.3 Å². The fourth-order valence-electron chi connectivity index (χ4n) is 3.37. The second kappa shape index (κ2) is 11.0. The summed E-state index contributed by atoms with van der Waals surface area (Å²) in [6.45, 7) is 2.03. The number of carbonyl (C=O) groups is 1. The summed E-state index contributed by atoms with van der Waals surface area (Å²) in [5.74, 6) is 0.894. The number of benzene rings is 3. The van der Waals surface area contributed by atoms with Crippen LogP contribution in [0.15, 0.2) is 77.7 Å². The van der Waals surface area contributed by atoms with E-state index in [2.05, 4.69) is 10.0 Å². The smallest absolute Gasteiger partial charge is 0.241 e. The number of nitrogens with one attached hydrogen (secondary N) is 2. The first-order chi connectivity index (χ1) is 15.8. The predicted octanol–water partition coefficient (Wildman–Crippen LogP) is 3.22. The Kier molecular flexibility index (Phi) is 8.08. The van der Waals surface area contributed by atoms with Gasteiger partial charge in [-0.25, -0.2) is 8.42 Å². The highest BCUT2D eigenvalue weighted by Crippen LogP contribution is 2.21. The van der Waals surface area contributed by atoms with Gasteiger partial charge in [0.1, 0.15) is 17.5 Å². The van der Waals surface area contributed by atoms with E-state index < -0.39 is 22.0 Å². The molecule has 0 saturated carbocycles. The Morgan fingerprint density at radius 1 is 0.909 bits per heavy atom. The van der Waals surface area contributed by atoms with E-state index in [1.807, 2.05) is 42.5 Å². The van der Waals surface area contributed by atoms with Crippen molar-refractivity contribution >= 4 is 15.9 Å². The molecule has 1 amide bonds. The van der Waals surface area contributed by atoms with Crippen LogP contribution in [0.25, 0.3) is 0 Å². The first-order valence-corrected chi connectivity index (χ1v) is 11.9. The van der Waals surface area contributed by atoms with Gasteiger partial charge in [0.25, 0.3) is 0 Å². The number of aryl methyl sites for hydroxylation is 1. The van der Waals surface area contributed by atoms with Crippen LogP contribution in [0.4, 0.5) is 0 Å². The Hall–Kier alpha value is -3.36. The van der Waals surface area contributed by atoms with Crippen molar-refractivity contribution in [2.45, 2.75) is 30.8 Å². The lowest BCUT2D eigenvalue weighted by atomic mass is 10.1. The van der Waals surface area contributed by atoms with Crippen LogP contribution in [0.2, 0.25) is 0 Å². The van der Waals surface area contributed by atoms with Crippen LogP contribution in [0.1, 0.15) is 16.7 Å². The van der Waals surface area contributed by atoms with Gasteiger partial charge in [-0.2, -0.15) is 4.72 Å². The van der Waals surface area contributed by atoms with E-state index in [-0.39, 0.29) is 17.9 Å². The highest BCUT2D eigenvalue weighted by Gasteiger charge is 2.26. The van der Waals surface area contributed by atoms with Gasteiger partial charge in [-0.15, -0.1) is 0 Å². The third kappa shape index (κ3) is 6.57. The van der Waals surface area contributed by atoms with Crippen molar-refractivity contribution in [2.24, 2.45) is 0 Å². The second-order valence-electron chi connectivity index (χ2n) is 7.56. The van der Waals surface area contributed by atoms with Gasteiger partial charge >= 0.3 is 0 Å². The molecule has 0 fully saturated rings. The normalized spacial score (nSPS) is 12.1. The third-order valence-electron chi connectivity index (χ3n) is 5.20. The molecule has 0 aliphatic rings. The summed E-state index contributed by atoms with van der Waals surface area (Å²) in [7, 11) is -0.837. The van der Waals surface area contributed by atoms with E-state index in [1.165, 1.54) is 19.2 Å². The maximum absolute atomic E-state index is 13.1. The Morgan fingerprint density at radius 2 is 1.61 bits per heavy atom. The predicted molar refractivity (Wildman–Crippen MR) is 127 cm³/mol. The molecule has 1 atom stereocenters. The number of carbonyl (C=O) groups excluding carboxylic acids is 1. The lowest BCUT2D eigenvalue weighted by molar-refractivity contribution is -0.122. The molecule has 0 heterocycles. The largest absolute Gasteiger partial charge is 0.497 e. The number of methoxy groups -OCH3 is 2. The fraction of sp³-hybridized carbons (Fsp3) is 0.240. The minimum absolute atomic E-state index is 0.0711. The standard InChI is InChI=1S/C25H28N2O5S/c1-18-15-22(13-14-24(18)32-3)33(29,30)27-23(16-19-7-5-4-6-8-19)25(28)26-17-20-9-11-21(31-2)12-10-20/h4-15,23,27H,16-17H2,1-3H3,(H,26,28)/t23-/m1/s1. The molecule has 3 aromatic rings. The molecule has 0 saturated heterocycles. The van der Waals surface area contributed by atoms with Gasteiger partial charge in [0.15, 0.2) is 0 Å². The highest BCUT2D eigenvalue weighted by atomic mass is 32.2. The molecule has 0 unspecified atom stereocenters. The number of ether oxygens (including phenoxy) is 2. The number of rotatable bonds is 10. The van der Waals surface area contributed by atoms with Crippen LogP contribution < -0.4 is 19.5 Å². The maximum Gasteiger partial charge on any atom is 0.241 e. The summed E-state index contributed by atoms with van der Waals surface area (Å²) in [6.07, 6.45) is 0.212. The molecule has 0 aliphatic heterocycles. The van der Waals surface area contributed by atoms with Gasteiger partial charge in [0.2, 0.25) is 15.9 Å². The molecule has 0 radical (unpaired) electrons. The van der Waals surface area contributed by atoms with Crippen molar-refractivity contribution in [3.8, 4) is 11.5 Å². The third-order valence-corrected chi connectivity index (χ3v) is 6.67. The molecule has 0 aliphatic carbocycles. The van der Waals surface area contributed by atoms with E-state index >= 15 is 0 Å². The monoisotopic (exact) mass is 468 g/mol. The zero-order valence-corrected chi connectivity index (χ0v) is 19.7. The lowest BCUT2D eigenvalue weighted by Crippen LogP contribution is -2.47. The second-order valence-corrected chi connectivity index (χ2v) is 9.27. The summed E-state index contributed by atoms with van der Waals surface area (Å²) in [6, 6.07) is 20.2. The fourth-order valence-corrected chi connectivity index (χ4v) is 4.65. The van der Waals surface area contributed by atoms with E-state index in [0.717, 1.165) is 16.9 Å². The summed E-state index contributed by atoms with van der Waals surface area (Å²) in [4.78, 5) is 13.1. The first-order valence-electron chi connectivity index (χ1n) is 10.4. The van der Waals surface area contributed by atoms with Crippen molar-refractivity contribution in [1.29, 1.82) is 0 Å². The van der Waals surface area contributed by atoms with Crippen LogP contribution in [-0.2, 0) is 27.8 Å². The van der Waals surface area contributed by atoms with Crippen molar-refractivity contribution < 1.29 is 22.7 Å². The van der Waals surface area contributed by atoms with E-state index in [1.54, 1.807) is 32.2 Å². The zero-order chi connectivity index (χ0) is 23.8. The quantitative estimate of drug-likeness (QED) is 0.477. The molecule has 0 aromatic heterocycles. The van der Waals surface area contributed by atoms with Gasteiger partial charge in [-0.3, -0.25) is 4.79 Å². The molecular weight excluding hydrogens is 440 g/mol. The van der Waals surface area contributed by atoms with Crippen LogP contribution in [0, 0.1) is 6.92 Å². The van der Waals surface area contributed by atoms with Gasteiger partial charge in [-0.1, -0.05) is 42.5 Å². The van der Waals surface area contributed by atoms with Crippen LogP contribution in [0.5, 0.6) is 11.5 Å². The molecule has 33 heavy (non-hydrogen) atoms. The number of hydrogen-bond acceptors (Lipinski definition) is 5. The molecule has 8 heteroatoms. The van der Waals surface area contributed by atoms with E-state index in [9.17, 15) is 13.2 Å². The molecule has 0 spiro atoms. The van der Waals surface area contributed by atoms with Crippen molar-refractivity contribution in [3.05, 3.63) is 89.5 Å². The summed E-state index contributed by atoms with van der Waals surface area (Å²) >= 11 is 0. The molecule has 3 rings (SSSR count). The molecular formula is C25H28N2O5S. The molecule has 2 N–H and O–H groups in total.